The van der Waals surface area contributed by atoms with Crippen LogP contribution in [0.2, 0.25) is 0 Å². The molecular formula is C20H17N3O5S2. The summed E-state index contributed by atoms with van der Waals surface area (Å²) in [5, 5.41) is 10.1. The van der Waals surface area contributed by atoms with Crippen molar-refractivity contribution in [2.24, 2.45) is 29.6 Å². The lowest BCUT2D eigenvalue weighted by molar-refractivity contribution is -0.149. The highest BCUT2D eigenvalue weighted by atomic mass is 32.2. The monoisotopic (exact) mass is 443 g/mol. The molecule has 2 N–H and O–H groups in total. The summed E-state index contributed by atoms with van der Waals surface area (Å²) in [5.41, 5.74) is 1.01. The molecule has 7 atom stereocenters. The van der Waals surface area contributed by atoms with Crippen LogP contribution in [0.4, 0.5) is 0 Å². The fraction of sp³-hybridized carbons (Fsp3) is 0.450. The van der Waals surface area contributed by atoms with Crippen LogP contribution in [0.5, 0.6) is 0 Å². The first-order chi connectivity index (χ1) is 14.5. The van der Waals surface area contributed by atoms with E-state index >= 15 is 0 Å². The number of aliphatic carboxylic acids is 1. The third-order valence-electron chi connectivity index (χ3n) is 7.15. The van der Waals surface area contributed by atoms with Crippen LogP contribution in [0.1, 0.15) is 22.8 Å². The molecule has 154 valence electrons. The maximum atomic E-state index is 13.1. The molecule has 30 heavy (non-hydrogen) atoms. The number of amides is 2. The Kier molecular flexibility index (Phi) is 3.83. The molecule has 0 radical (unpaired) electrons. The number of thiazole rings is 1. The normalized spacial score (nSPS) is 36.0. The highest BCUT2D eigenvalue weighted by Crippen LogP contribution is 2.68. The lowest BCUT2D eigenvalue weighted by atomic mass is 9.68. The summed E-state index contributed by atoms with van der Waals surface area (Å²) in [5.74, 6) is -2.74. The zero-order chi connectivity index (χ0) is 20.7. The van der Waals surface area contributed by atoms with E-state index in [1.807, 2.05) is 18.3 Å². The van der Waals surface area contributed by atoms with Crippen molar-refractivity contribution in [2.75, 3.05) is 6.54 Å². The number of nitrogens with one attached hydrogen (secondary N) is 1. The molecule has 0 spiro atoms. The fourth-order valence-corrected chi connectivity index (χ4v) is 9.19. The van der Waals surface area contributed by atoms with E-state index in [2.05, 4.69) is 9.97 Å². The number of rotatable bonds is 3. The molecule has 2 amide bonds. The van der Waals surface area contributed by atoms with Crippen molar-refractivity contribution >= 4 is 40.9 Å². The molecule has 2 bridgehead atoms. The summed E-state index contributed by atoms with van der Waals surface area (Å²) in [6.45, 7) is -0.570. The topological polar surface area (TPSA) is 120 Å². The molecule has 2 aliphatic heterocycles. The maximum absolute atomic E-state index is 13.1. The van der Waals surface area contributed by atoms with Crippen LogP contribution in [0.25, 0.3) is 0 Å². The molecule has 2 aliphatic carbocycles. The van der Waals surface area contributed by atoms with E-state index < -0.39 is 24.3 Å². The number of aromatic amines is 1. The largest absolute Gasteiger partial charge is 0.480 e. The average Bonchev–Trinajstić information content (AvgIpc) is 3.44. The van der Waals surface area contributed by atoms with E-state index in [1.54, 1.807) is 18.0 Å². The second kappa shape index (κ2) is 6.27. The Balaban J connectivity index is 1.45. The SMILES string of the molecule is O=C(O)CN1C(=O)[C@@H]2[C@@H]3C[C@@H]([C@@H]2C1=O)[C@H]1[C@@H](c2cccnc2)c2sc(=O)[nH]c2S[C@H]31. The van der Waals surface area contributed by atoms with Crippen molar-refractivity contribution < 1.29 is 19.5 Å². The molecule has 10 heteroatoms. The van der Waals surface area contributed by atoms with Crippen LogP contribution >= 0.6 is 23.1 Å². The van der Waals surface area contributed by atoms with Crippen molar-refractivity contribution in [2.45, 2.75) is 22.6 Å². The predicted molar refractivity (Wildman–Crippen MR) is 107 cm³/mol. The van der Waals surface area contributed by atoms with Gasteiger partial charge >= 0.3 is 10.8 Å². The number of carbonyl (C=O) groups excluding carboxylic acids is 2. The number of aromatic nitrogens is 2. The lowest BCUT2D eigenvalue weighted by Crippen LogP contribution is -2.42. The summed E-state index contributed by atoms with van der Waals surface area (Å²) in [4.78, 5) is 58.4. The predicted octanol–water partition coefficient (Wildman–Crippen LogP) is 1.39. The van der Waals surface area contributed by atoms with Crippen molar-refractivity contribution in [3.63, 3.8) is 0 Å². The Morgan fingerprint density at radius 3 is 2.70 bits per heavy atom. The summed E-state index contributed by atoms with van der Waals surface area (Å²) >= 11 is 2.82. The Morgan fingerprint density at radius 2 is 2.00 bits per heavy atom. The number of fused-ring (bicyclic) bond motifs is 9. The van der Waals surface area contributed by atoms with Gasteiger partial charge < -0.3 is 10.1 Å². The minimum Gasteiger partial charge on any atom is -0.480 e. The van der Waals surface area contributed by atoms with Crippen LogP contribution < -0.4 is 4.87 Å². The van der Waals surface area contributed by atoms with E-state index in [0.29, 0.717) is 0 Å². The molecule has 4 aliphatic rings. The van der Waals surface area contributed by atoms with Gasteiger partial charge in [0.2, 0.25) is 11.8 Å². The van der Waals surface area contributed by atoms with Gasteiger partial charge in [0.1, 0.15) is 6.54 Å². The van der Waals surface area contributed by atoms with Crippen LogP contribution in [-0.2, 0) is 14.4 Å². The average molecular weight is 444 g/mol. The number of hydrogen-bond donors (Lipinski definition) is 2. The molecule has 2 saturated carbocycles. The Bertz CT molecular complexity index is 1140. The summed E-state index contributed by atoms with van der Waals surface area (Å²) < 4.78 is 0. The number of carbonyl (C=O) groups is 3. The first-order valence-corrected chi connectivity index (χ1v) is 11.5. The van der Waals surface area contributed by atoms with Crippen LogP contribution in [-0.4, -0.2) is 49.6 Å². The van der Waals surface area contributed by atoms with E-state index in [9.17, 15) is 19.2 Å². The quantitative estimate of drug-likeness (QED) is 0.688. The van der Waals surface area contributed by atoms with Crippen LogP contribution in [0.3, 0.4) is 0 Å². The number of hydrogen-bond acceptors (Lipinski definition) is 7. The molecule has 3 fully saturated rings. The fourth-order valence-electron chi connectivity index (χ4n) is 6.30. The van der Waals surface area contributed by atoms with Gasteiger partial charge in [-0.05, 0) is 35.8 Å². The van der Waals surface area contributed by atoms with Gasteiger partial charge in [0.25, 0.3) is 0 Å². The highest BCUT2D eigenvalue weighted by Gasteiger charge is 2.69. The second-order valence-electron chi connectivity index (χ2n) is 8.40. The number of thioether (sulfide) groups is 1. The van der Waals surface area contributed by atoms with E-state index in [-0.39, 0.29) is 45.6 Å². The highest BCUT2D eigenvalue weighted by molar-refractivity contribution is 8.00. The van der Waals surface area contributed by atoms with Gasteiger partial charge in [0, 0.05) is 28.4 Å². The molecule has 2 aromatic rings. The molecule has 4 heterocycles. The summed E-state index contributed by atoms with van der Waals surface area (Å²) in [6.07, 6.45) is 4.30. The standard InChI is InChI=1S/C20H17N3O5S2/c24-10(25)6-23-18(26)13-8-4-9(14(13)19(23)27)15-12(8)11(7-2-1-3-21-5-7)16-17(29-15)22-20(28)30-16/h1-3,5,8-9,11-15H,4,6H2,(H,22,28)(H,24,25)/t8-,9+,11-,12+,13+,14-,15-/m1/s1. The number of imide groups is 1. The number of carboxylic acid groups (broad SMARTS) is 1. The van der Waals surface area contributed by atoms with Gasteiger partial charge in [0.15, 0.2) is 0 Å². The molecular weight excluding hydrogens is 426 g/mol. The van der Waals surface area contributed by atoms with Crippen LogP contribution in [0.15, 0.2) is 34.3 Å². The molecule has 6 rings (SSSR count). The minimum atomic E-state index is -1.18. The smallest absolute Gasteiger partial charge is 0.323 e. The molecule has 0 aromatic carbocycles. The van der Waals surface area contributed by atoms with Gasteiger partial charge in [-0.3, -0.25) is 29.1 Å². The van der Waals surface area contributed by atoms with Crippen molar-refractivity contribution in [1.82, 2.24) is 14.9 Å². The zero-order valence-electron chi connectivity index (χ0n) is 15.6. The van der Waals surface area contributed by atoms with Gasteiger partial charge in [-0.1, -0.05) is 17.4 Å². The van der Waals surface area contributed by atoms with E-state index in [4.69, 9.17) is 5.11 Å². The Hall–Kier alpha value is -2.46. The van der Waals surface area contributed by atoms with Crippen molar-refractivity contribution in [3.8, 4) is 0 Å². The Labute approximate surface area is 178 Å². The van der Waals surface area contributed by atoms with Crippen LogP contribution in [0, 0.1) is 29.6 Å². The third kappa shape index (κ3) is 2.31. The first kappa shape index (κ1) is 18.3. The molecule has 8 nitrogen and oxygen atoms in total. The van der Waals surface area contributed by atoms with Gasteiger partial charge in [-0.25, -0.2) is 0 Å². The van der Waals surface area contributed by atoms with Crippen molar-refractivity contribution in [3.05, 3.63) is 44.6 Å². The molecule has 0 unspecified atom stereocenters. The van der Waals surface area contributed by atoms with Crippen molar-refractivity contribution in [1.29, 1.82) is 0 Å². The molecule has 1 saturated heterocycles. The maximum Gasteiger partial charge on any atom is 0.323 e. The number of H-pyrrole nitrogens is 1. The van der Waals surface area contributed by atoms with Gasteiger partial charge in [-0.2, -0.15) is 0 Å². The zero-order valence-corrected chi connectivity index (χ0v) is 17.2. The van der Waals surface area contributed by atoms with Gasteiger partial charge in [0.05, 0.1) is 16.9 Å². The van der Waals surface area contributed by atoms with E-state index in [0.717, 1.165) is 26.8 Å². The number of nitrogens with zero attached hydrogens (tertiary/aromatic N) is 2. The lowest BCUT2D eigenvalue weighted by Gasteiger charge is -2.42. The third-order valence-corrected chi connectivity index (χ3v) is 9.74. The summed E-state index contributed by atoms with van der Waals surface area (Å²) in [7, 11) is 0. The minimum absolute atomic E-state index is 0.000897. The number of pyridine rings is 1. The van der Waals surface area contributed by atoms with Gasteiger partial charge in [-0.15, -0.1) is 11.8 Å². The first-order valence-electron chi connectivity index (χ1n) is 9.82. The number of carboxylic acids is 1. The summed E-state index contributed by atoms with van der Waals surface area (Å²) in [6, 6.07) is 3.87. The second-order valence-corrected chi connectivity index (χ2v) is 10.6. The molecule has 2 aromatic heterocycles. The Morgan fingerprint density at radius 1 is 1.23 bits per heavy atom. The number of likely N-dealkylation sites (tertiary alicyclic amines) is 1. The van der Waals surface area contributed by atoms with E-state index in [1.165, 1.54) is 11.3 Å².